The molecule has 0 unspecified atom stereocenters. The molecular weight excluding hydrogens is 476 g/mol. The van der Waals surface area contributed by atoms with Gasteiger partial charge in [0.05, 0.1) is 9.83 Å². The quantitative estimate of drug-likeness (QED) is 0.210. The Labute approximate surface area is 204 Å². The van der Waals surface area contributed by atoms with Crippen LogP contribution in [0.15, 0.2) is 70.0 Å². The summed E-state index contributed by atoms with van der Waals surface area (Å²) in [5.74, 6) is -0.920. The summed E-state index contributed by atoms with van der Waals surface area (Å²) in [6.45, 7) is 1.65. The zero-order chi connectivity index (χ0) is 24.4. The summed E-state index contributed by atoms with van der Waals surface area (Å²) in [4.78, 5) is 37.1. The van der Waals surface area contributed by atoms with Crippen LogP contribution in [0.4, 0.5) is 5.69 Å². The summed E-state index contributed by atoms with van der Waals surface area (Å²) in [6, 6.07) is 15.9. The third-order valence-electron chi connectivity index (χ3n) is 5.28. The fourth-order valence-electron chi connectivity index (χ4n) is 3.55. The van der Waals surface area contributed by atoms with Crippen molar-refractivity contribution in [3.63, 3.8) is 0 Å². The predicted molar refractivity (Wildman–Crippen MR) is 132 cm³/mol. The van der Waals surface area contributed by atoms with Crippen LogP contribution in [0.25, 0.3) is 17.4 Å². The number of rotatable bonds is 7. The number of carbonyl (C=O) groups excluding carboxylic acids is 1. The Hall–Kier alpha value is -3.76. The molecule has 0 radical (unpaired) electrons. The van der Waals surface area contributed by atoms with Crippen molar-refractivity contribution in [3.05, 3.63) is 92.6 Å². The molecule has 1 N–H and O–H groups in total. The van der Waals surface area contributed by atoms with Crippen molar-refractivity contribution in [2.24, 2.45) is 0 Å². The molecule has 1 saturated heterocycles. The van der Waals surface area contributed by atoms with Gasteiger partial charge in [-0.2, -0.15) is 0 Å². The Bertz CT molecular complexity index is 1330. The van der Waals surface area contributed by atoms with Gasteiger partial charge in [0.15, 0.2) is 0 Å². The molecule has 1 atom stereocenters. The Kier molecular flexibility index (Phi) is 6.62. The fraction of sp³-hybridized carbons (Fsp3) is 0.125. The van der Waals surface area contributed by atoms with Crippen LogP contribution in [0.5, 0.6) is 0 Å². The summed E-state index contributed by atoms with van der Waals surface area (Å²) in [7, 11) is 0. The minimum Gasteiger partial charge on any atom is -0.480 e. The zero-order valence-corrected chi connectivity index (χ0v) is 19.5. The maximum atomic E-state index is 13.1. The molecule has 172 valence electrons. The second-order valence-electron chi connectivity index (χ2n) is 7.56. The second-order valence-corrected chi connectivity index (χ2v) is 9.23. The molecule has 0 bridgehead atoms. The van der Waals surface area contributed by atoms with E-state index in [0.717, 1.165) is 22.2 Å². The van der Waals surface area contributed by atoms with Crippen molar-refractivity contribution in [2.45, 2.75) is 19.4 Å². The van der Waals surface area contributed by atoms with Gasteiger partial charge in [0, 0.05) is 29.7 Å². The summed E-state index contributed by atoms with van der Waals surface area (Å²) < 4.78 is 5.94. The summed E-state index contributed by atoms with van der Waals surface area (Å²) in [6.07, 6.45) is 1.61. The van der Waals surface area contributed by atoms with E-state index in [2.05, 4.69) is 0 Å². The average Bonchev–Trinajstić information content (AvgIpc) is 3.37. The zero-order valence-electron chi connectivity index (χ0n) is 17.8. The Morgan fingerprint density at radius 3 is 2.65 bits per heavy atom. The average molecular weight is 495 g/mol. The first kappa shape index (κ1) is 23.4. The lowest BCUT2D eigenvalue weighted by Crippen LogP contribution is -2.45. The van der Waals surface area contributed by atoms with E-state index in [4.69, 9.17) is 16.6 Å². The molecule has 1 amide bonds. The lowest BCUT2D eigenvalue weighted by molar-refractivity contribution is -0.385. The minimum atomic E-state index is -1.15. The van der Waals surface area contributed by atoms with Crippen molar-refractivity contribution in [1.29, 1.82) is 0 Å². The van der Waals surface area contributed by atoms with Gasteiger partial charge in [-0.1, -0.05) is 66.4 Å². The van der Waals surface area contributed by atoms with Crippen LogP contribution >= 0.6 is 24.0 Å². The van der Waals surface area contributed by atoms with E-state index >= 15 is 0 Å². The number of aryl methyl sites for hydroxylation is 1. The highest BCUT2D eigenvalue weighted by Crippen LogP contribution is 2.36. The molecule has 34 heavy (non-hydrogen) atoms. The van der Waals surface area contributed by atoms with Crippen LogP contribution in [0.3, 0.4) is 0 Å². The minimum absolute atomic E-state index is 0.0190. The Morgan fingerprint density at radius 1 is 1.24 bits per heavy atom. The number of carbonyl (C=O) groups is 2. The maximum Gasteiger partial charge on any atom is 0.327 e. The molecule has 1 aromatic heterocycles. The first-order valence-electron chi connectivity index (χ1n) is 10.1. The number of furan rings is 1. The second kappa shape index (κ2) is 9.62. The van der Waals surface area contributed by atoms with Gasteiger partial charge in [-0.25, -0.2) is 4.79 Å². The number of nitrogens with zero attached hydrogens (tertiary/aromatic N) is 2. The monoisotopic (exact) mass is 494 g/mol. The van der Waals surface area contributed by atoms with E-state index in [1.165, 1.54) is 12.1 Å². The SMILES string of the molecule is Cc1ccc(-c2ccc(/C=C3/SC(=S)N([C@@H](Cc4ccccc4)C(=O)O)C3=O)o2)cc1[N+](=O)[O-]. The van der Waals surface area contributed by atoms with E-state index in [1.807, 2.05) is 6.07 Å². The van der Waals surface area contributed by atoms with Crippen LogP contribution in [0, 0.1) is 17.0 Å². The Balaban J connectivity index is 1.58. The number of benzene rings is 2. The highest BCUT2D eigenvalue weighted by Gasteiger charge is 2.40. The largest absolute Gasteiger partial charge is 0.480 e. The van der Waals surface area contributed by atoms with Gasteiger partial charge in [0.2, 0.25) is 0 Å². The first-order valence-corrected chi connectivity index (χ1v) is 11.4. The molecule has 2 aromatic carbocycles. The number of aliphatic carboxylic acids is 1. The van der Waals surface area contributed by atoms with Gasteiger partial charge in [-0.15, -0.1) is 0 Å². The topological polar surface area (TPSA) is 114 Å². The van der Waals surface area contributed by atoms with Crippen LogP contribution < -0.4 is 0 Å². The Morgan fingerprint density at radius 2 is 1.97 bits per heavy atom. The molecule has 4 rings (SSSR count). The molecule has 10 heteroatoms. The summed E-state index contributed by atoms with van der Waals surface area (Å²) in [5.41, 5.74) is 1.82. The van der Waals surface area contributed by atoms with E-state index in [9.17, 15) is 24.8 Å². The highest BCUT2D eigenvalue weighted by molar-refractivity contribution is 8.26. The third kappa shape index (κ3) is 4.78. The fourth-order valence-corrected chi connectivity index (χ4v) is 4.89. The highest BCUT2D eigenvalue weighted by atomic mass is 32.2. The third-order valence-corrected chi connectivity index (χ3v) is 6.61. The van der Waals surface area contributed by atoms with Crippen molar-refractivity contribution in [3.8, 4) is 11.3 Å². The molecule has 0 aliphatic carbocycles. The smallest absolute Gasteiger partial charge is 0.327 e. The number of amides is 1. The van der Waals surface area contributed by atoms with E-state index < -0.39 is 22.8 Å². The molecule has 1 fully saturated rings. The van der Waals surface area contributed by atoms with Crippen molar-refractivity contribution in [2.75, 3.05) is 0 Å². The first-order chi connectivity index (χ1) is 16.2. The van der Waals surface area contributed by atoms with Crippen molar-refractivity contribution < 1.29 is 24.0 Å². The molecule has 8 nitrogen and oxygen atoms in total. The van der Waals surface area contributed by atoms with E-state index in [1.54, 1.807) is 55.5 Å². The lowest BCUT2D eigenvalue weighted by atomic mass is 10.0. The molecule has 0 spiro atoms. The molecule has 1 aliphatic rings. The lowest BCUT2D eigenvalue weighted by Gasteiger charge is -2.23. The van der Waals surface area contributed by atoms with Crippen LogP contribution in [-0.2, 0) is 16.0 Å². The molecule has 2 heterocycles. The van der Waals surface area contributed by atoms with Gasteiger partial charge >= 0.3 is 5.97 Å². The van der Waals surface area contributed by atoms with Gasteiger partial charge < -0.3 is 9.52 Å². The number of thioether (sulfide) groups is 1. The summed E-state index contributed by atoms with van der Waals surface area (Å²) in [5, 5.41) is 21.0. The number of hydrogen-bond donors (Lipinski definition) is 1. The number of carboxylic acid groups (broad SMARTS) is 1. The van der Waals surface area contributed by atoms with Gasteiger partial charge in [-0.05, 0) is 24.6 Å². The van der Waals surface area contributed by atoms with Crippen LogP contribution in [-0.4, -0.2) is 37.2 Å². The number of thiocarbonyl (C=S) groups is 1. The van der Waals surface area contributed by atoms with Crippen LogP contribution in [0.1, 0.15) is 16.9 Å². The standard InChI is InChI=1S/C24H18N2O6S2/c1-14-7-8-16(12-18(14)26(30)31)20-10-9-17(32-20)13-21-22(27)25(24(33)34-21)19(23(28)29)11-15-5-3-2-4-6-15/h2-10,12-13,19H,11H2,1H3,(H,28,29)/b21-13+/t19-/m0/s1. The number of carboxylic acids is 1. The normalized spacial score (nSPS) is 15.7. The predicted octanol–water partition coefficient (Wildman–Crippen LogP) is 5.06. The van der Waals surface area contributed by atoms with Gasteiger partial charge in [0.1, 0.15) is 21.9 Å². The molecule has 0 saturated carbocycles. The molecular formula is C24H18N2O6S2. The number of nitro benzene ring substituents is 1. The number of nitro groups is 1. The van der Waals surface area contributed by atoms with Crippen molar-refractivity contribution in [1.82, 2.24) is 4.90 Å². The van der Waals surface area contributed by atoms with Gasteiger partial charge in [-0.3, -0.25) is 19.8 Å². The molecule has 1 aliphatic heterocycles. The maximum absolute atomic E-state index is 13.1. The van der Waals surface area contributed by atoms with Crippen molar-refractivity contribution >= 4 is 51.9 Å². The van der Waals surface area contributed by atoms with E-state index in [-0.39, 0.29) is 21.3 Å². The van der Waals surface area contributed by atoms with E-state index in [0.29, 0.717) is 22.6 Å². The van der Waals surface area contributed by atoms with Crippen LogP contribution in [0.2, 0.25) is 0 Å². The van der Waals surface area contributed by atoms with Gasteiger partial charge in [0.25, 0.3) is 11.6 Å². The summed E-state index contributed by atoms with van der Waals surface area (Å²) >= 11 is 6.33. The number of hydrogen-bond acceptors (Lipinski definition) is 7. The molecule has 3 aromatic rings.